The second kappa shape index (κ2) is 67.8. The largest absolute Gasteiger partial charge is 0.462 e. The lowest BCUT2D eigenvalue weighted by Gasteiger charge is -2.18. The molecule has 460 valence electrons. The molecule has 6 nitrogen and oxygen atoms in total. The zero-order valence-corrected chi connectivity index (χ0v) is 52.8. The van der Waals surface area contributed by atoms with Gasteiger partial charge in [0.25, 0.3) is 0 Å². The summed E-state index contributed by atoms with van der Waals surface area (Å²) < 4.78 is 16.9. The highest BCUT2D eigenvalue weighted by atomic mass is 16.6. The molecular weight excluding hydrogens is 985 g/mol. The number of rotatable bonds is 62. The predicted octanol–water partition coefficient (Wildman–Crippen LogP) is 23.6. The van der Waals surface area contributed by atoms with E-state index in [4.69, 9.17) is 14.2 Å². The molecule has 0 bridgehead atoms. The standard InChI is InChI=1S/C74H128O6/c1-4-7-10-13-16-19-22-25-28-30-32-33-34-35-36-37-38-39-40-41-43-44-46-49-52-55-58-61-64-67-73(76)79-70-71(69-78-72(75)66-63-60-57-54-51-48-27-24-21-18-15-12-9-6-3)80-74(77)68-65-62-59-56-53-50-47-45-42-31-29-26-23-20-17-14-11-8-5-2/h8,11,15,17-18,20,22,24-27,29-30,32,42,45,71H,4-7,9-10,12-14,16,19,21,23,28,31,33-41,43-44,46-70H2,1-3H3/b11-8-,18-15-,20-17-,25-22-,27-24-,29-26-,32-30-,45-42-. The van der Waals surface area contributed by atoms with Crippen LogP contribution in [-0.4, -0.2) is 37.2 Å². The molecule has 0 rings (SSSR count). The number of allylic oxidation sites excluding steroid dienone is 16. The van der Waals surface area contributed by atoms with Crippen LogP contribution in [0, 0.1) is 0 Å². The summed E-state index contributed by atoms with van der Waals surface area (Å²) in [6.45, 7) is 6.49. The van der Waals surface area contributed by atoms with Crippen molar-refractivity contribution in [1.29, 1.82) is 0 Å². The molecule has 0 aliphatic rings. The van der Waals surface area contributed by atoms with E-state index < -0.39 is 6.10 Å². The SMILES string of the molecule is CC/C=C\C/C=C\C/C=C\C/C=C\CCCCCCCCC(=O)OC(COC(=O)CCCCCCC/C=C\C/C=C\CCCC)COC(=O)CCCCCCCCCCCCCCCCCCC/C=C\C/C=C\CCCCCCC. The zero-order valence-electron chi connectivity index (χ0n) is 52.8. The van der Waals surface area contributed by atoms with Crippen LogP contribution in [0.5, 0.6) is 0 Å². The molecule has 6 heteroatoms. The Morgan fingerprint density at radius 3 is 0.800 bits per heavy atom. The predicted molar refractivity (Wildman–Crippen MR) is 348 cm³/mol. The fourth-order valence-electron chi connectivity index (χ4n) is 9.66. The van der Waals surface area contributed by atoms with E-state index in [9.17, 15) is 14.4 Å². The van der Waals surface area contributed by atoms with Gasteiger partial charge in [0.15, 0.2) is 6.10 Å². The minimum atomic E-state index is -0.793. The molecule has 0 N–H and O–H groups in total. The number of unbranched alkanes of at least 4 members (excludes halogenated alkanes) is 35. The fraction of sp³-hybridized carbons (Fsp3) is 0.743. The third-order valence-electron chi connectivity index (χ3n) is 14.8. The fourth-order valence-corrected chi connectivity index (χ4v) is 9.66. The zero-order chi connectivity index (χ0) is 57.8. The van der Waals surface area contributed by atoms with Crippen LogP contribution in [0.3, 0.4) is 0 Å². The summed E-state index contributed by atoms with van der Waals surface area (Å²) in [4.78, 5) is 38.4. The molecule has 0 saturated heterocycles. The molecule has 0 aliphatic heterocycles. The monoisotopic (exact) mass is 1110 g/mol. The molecule has 1 atom stereocenters. The third kappa shape index (κ3) is 65.1. The normalized spacial score (nSPS) is 12.7. The van der Waals surface area contributed by atoms with Crippen molar-refractivity contribution in [2.24, 2.45) is 0 Å². The van der Waals surface area contributed by atoms with Crippen molar-refractivity contribution >= 4 is 17.9 Å². The minimum Gasteiger partial charge on any atom is -0.462 e. The Labute approximate surface area is 496 Å². The van der Waals surface area contributed by atoms with Crippen molar-refractivity contribution in [3.63, 3.8) is 0 Å². The van der Waals surface area contributed by atoms with Gasteiger partial charge in [-0.05, 0) is 116 Å². The van der Waals surface area contributed by atoms with E-state index in [1.54, 1.807) is 0 Å². The van der Waals surface area contributed by atoms with E-state index in [1.165, 1.54) is 167 Å². The molecule has 0 aromatic rings. The number of hydrogen-bond acceptors (Lipinski definition) is 6. The Bertz CT molecular complexity index is 1560. The van der Waals surface area contributed by atoms with Crippen LogP contribution in [0.2, 0.25) is 0 Å². The third-order valence-corrected chi connectivity index (χ3v) is 14.8. The summed E-state index contributed by atoms with van der Waals surface area (Å²) in [7, 11) is 0. The maximum absolute atomic E-state index is 12.9. The summed E-state index contributed by atoms with van der Waals surface area (Å²) in [6, 6.07) is 0. The Morgan fingerprint density at radius 2 is 0.500 bits per heavy atom. The highest BCUT2D eigenvalue weighted by Crippen LogP contribution is 2.17. The number of esters is 3. The van der Waals surface area contributed by atoms with E-state index in [-0.39, 0.29) is 31.1 Å². The van der Waals surface area contributed by atoms with Crippen LogP contribution < -0.4 is 0 Å². The Kier molecular flexibility index (Phi) is 64.7. The molecule has 80 heavy (non-hydrogen) atoms. The first-order chi connectivity index (χ1) is 39.5. The summed E-state index contributed by atoms with van der Waals surface area (Å²) in [5, 5.41) is 0. The molecular formula is C74H128O6. The second-order valence-electron chi connectivity index (χ2n) is 22.7. The quantitative estimate of drug-likeness (QED) is 0.0261. The average molecular weight is 1110 g/mol. The van der Waals surface area contributed by atoms with Crippen LogP contribution in [0.1, 0.15) is 335 Å². The van der Waals surface area contributed by atoms with Gasteiger partial charge in [-0.3, -0.25) is 14.4 Å². The van der Waals surface area contributed by atoms with Gasteiger partial charge in [-0.2, -0.15) is 0 Å². The van der Waals surface area contributed by atoms with Crippen molar-refractivity contribution in [3.8, 4) is 0 Å². The van der Waals surface area contributed by atoms with Gasteiger partial charge in [0, 0.05) is 19.3 Å². The van der Waals surface area contributed by atoms with E-state index in [2.05, 4.69) is 118 Å². The van der Waals surface area contributed by atoms with E-state index in [0.717, 1.165) is 128 Å². The Hall–Kier alpha value is -3.67. The molecule has 1 unspecified atom stereocenters. The van der Waals surface area contributed by atoms with Crippen molar-refractivity contribution in [1.82, 2.24) is 0 Å². The number of carbonyl (C=O) groups is 3. The van der Waals surface area contributed by atoms with Gasteiger partial charge in [0.05, 0.1) is 0 Å². The van der Waals surface area contributed by atoms with E-state index >= 15 is 0 Å². The Morgan fingerprint density at radius 1 is 0.263 bits per heavy atom. The molecule has 0 spiro atoms. The van der Waals surface area contributed by atoms with Crippen LogP contribution >= 0.6 is 0 Å². The van der Waals surface area contributed by atoms with Crippen molar-refractivity contribution in [2.45, 2.75) is 341 Å². The highest BCUT2D eigenvalue weighted by Gasteiger charge is 2.19. The molecule has 0 radical (unpaired) electrons. The summed E-state index contributed by atoms with van der Waals surface area (Å²) in [5.41, 5.74) is 0. The van der Waals surface area contributed by atoms with Crippen molar-refractivity contribution in [3.05, 3.63) is 97.2 Å². The molecule has 0 saturated carbocycles. The summed E-state index contributed by atoms with van der Waals surface area (Å²) in [5.74, 6) is -0.902. The summed E-state index contributed by atoms with van der Waals surface area (Å²) >= 11 is 0. The molecule has 0 aromatic carbocycles. The molecule has 0 fully saturated rings. The molecule has 0 amide bonds. The number of hydrogen-bond donors (Lipinski definition) is 0. The molecule has 0 aromatic heterocycles. The lowest BCUT2D eigenvalue weighted by atomic mass is 10.0. The van der Waals surface area contributed by atoms with E-state index in [0.29, 0.717) is 19.3 Å². The molecule has 0 heterocycles. The Balaban J connectivity index is 4.27. The highest BCUT2D eigenvalue weighted by molar-refractivity contribution is 5.71. The van der Waals surface area contributed by atoms with Crippen LogP contribution in [0.25, 0.3) is 0 Å². The van der Waals surface area contributed by atoms with Gasteiger partial charge >= 0.3 is 17.9 Å². The van der Waals surface area contributed by atoms with Crippen molar-refractivity contribution in [2.75, 3.05) is 13.2 Å². The van der Waals surface area contributed by atoms with Crippen LogP contribution in [0.15, 0.2) is 97.2 Å². The van der Waals surface area contributed by atoms with Gasteiger partial charge in [-0.1, -0.05) is 298 Å². The smallest absolute Gasteiger partial charge is 0.306 e. The first-order valence-corrected chi connectivity index (χ1v) is 34.2. The second-order valence-corrected chi connectivity index (χ2v) is 22.7. The van der Waals surface area contributed by atoms with Gasteiger partial charge in [0.2, 0.25) is 0 Å². The number of carbonyl (C=O) groups excluding carboxylic acids is 3. The van der Waals surface area contributed by atoms with Gasteiger partial charge in [-0.25, -0.2) is 0 Å². The van der Waals surface area contributed by atoms with Crippen LogP contribution in [0.4, 0.5) is 0 Å². The van der Waals surface area contributed by atoms with Crippen LogP contribution in [-0.2, 0) is 28.6 Å². The average Bonchev–Trinajstić information content (AvgIpc) is 3.46. The first-order valence-electron chi connectivity index (χ1n) is 34.2. The van der Waals surface area contributed by atoms with Gasteiger partial charge < -0.3 is 14.2 Å². The maximum Gasteiger partial charge on any atom is 0.306 e. The van der Waals surface area contributed by atoms with Gasteiger partial charge in [-0.15, -0.1) is 0 Å². The van der Waals surface area contributed by atoms with Gasteiger partial charge in [0.1, 0.15) is 13.2 Å². The number of ether oxygens (including phenoxy) is 3. The van der Waals surface area contributed by atoms with Crippen molar-refractivity contribution < 1.29 is 28.6 Å². The topological polar surface area (TPSA) is 78.9 Å². The van der Waals surface area contributed by atoms with E-state index in [1.807, 2.05) is 0 Å². The minimum absolute atomic E-state index is 0.0863. The lowest BCUT2D eigenvalue weighted by Crippen LogP contribution is -2.30. The summed E-state index contributed by atoms with van der Waals surface area (Å²) in [6.07, 6.45) is 91.4. The molecule has 0 aliphatic carbocycles. The maximum atomic E-state index is 12.9. The lowest BCUT2D eigenvalue weighted by molar-refractivity contribution is -0.167. The first kappa shape index (κ1) is 76.3.